The van der Waals surface area contributed by atoms with E-state index in [1.807, 2.05) is 6.07 Å². The molecular formula is C15H14ClF2N5. The minimum atomic E-state index is -3.09. The lowest BCUT2D eigenvalue weighted by Gasteiger charge is -2.09. The molecule has 8 heteroatoms. The van der Waals surface area contributed by atoms with E-state index in [0.29, 0.717) is 22.2 Å². The van der Waals surface area contributed by atoms with Crippen molar-refractivity contribution in [1.82, 2.24) is 19.6 Å². The number of nitrogens with one attached hydrogen (secondary N) is 1. The molecule has 0 amide bonds. The molecule has 3 aromatic rings. The van der Waals surface area contributed by atoms with Crippen LogP contribution in [0.2, 0.25) is 5.02 Å². The van der Waals surface area contributed by atoms with Gasteiger partial charge in [-0.1, -0.05) is 24.6 Å². The highest BCUT2D eigenvalue weighted by Gasteiger charge is 2.34. The molecular weight excluding hydrogens is 324 g/mol. The summed E-state index contributed by atoms with van der Waals surface area (Å²) in [5.41, 5.74) is 1.35. The summed E-state index contributed by atoms with van der Waals surface area (Å²) < 4.78 is 28.9. The molecule has 0 bridgehead atoms. The van der Waals surface area contributed by atoms with Gasteiger partial charge in [0, 0.05) is 28.9 Å². The van der Waals surface area contributed by atoms with Crippen molar-refractivity contribution in [1.29, 1.82) is 0 Å². The SMILES string of the molecule is CCC(F)(F)c1nc2nc(C)cc(Nc3cccc(Cl)c3)n2n1. The fraction of sp³-hybridized carbons (Fsp3) is 0.267. The number of aromatic nitrogens is 4. The van der Waals surface area contributed by atoms with Crippen LogP contribution in [-0.4, -0.2) is 19.6 Å². The number of rotatable bonds is 4. The van der Waals surface area contributed by atoms with Crippen molar-refractivity contribution in [2.75, 3.05) is 5.32 Å². The second-order valence-electron chi connectivity index (χ2n) is 5.12. The fourth-order valence-corrected chi connectivity index (χ4v) is 2.29. The highest BCUT2D eigenvalue weighted by molar-refractivity contribution is 6.30. The summed E-state index contributed by atoms with van der Waals surface area (Å²) in [4.78, 5) is 8.01. The molecule has 0 radical (unpaired) electrons. The number of alkyl halides is 2. The summed E-state index contributed by atoms with van der Waals surface area (Å²) >= 11 is 5.96. The van der Waals surface area contributed by atoms with Crippen LogP contribution >= 0.6 is 11.6 Å². The molecule has 0 saturated heterocycles. The van der Waals surface area contributed by atoms with E-state index in [0.717, 1.165) is 0 Å². The zero-order chi connectivity index (χ0) is 16.6. The summed E-state index contributed by atoms with van der Waals surface area (Å²) in [6.07, 6.45) is -0.375. The van der Waals surface area contributed by atoms with Crippen molar-refractivity contribution in [3.8, 4) is 0 Å². The molecule has 3 rings (SSSR count). The van der Waals surface area contributed by atoms with Gasteiger partial charge in [0.2, 0.25) is 5.82 Å². The zero-order valence-corrected chi connectivity index (χ0v) is 13.3. The molecule has 23 heavy (non-hydrogen) atoms. The van der Waals surface area contributed by atoms with Crippen LogP contribution in [0.25, 0.3) is 5.78 Å². The molecule has 0 aliphatic heterocycles. The molecule has 0 spiro atoms. The van der Waals surface area contributed by atoms with Gasteiger partial charge >= 0.3 is 5.92 Å². The van der Waals surface area contributed by atoms with Crippen molar-refractivity contribution in [2.24, 2.45) is 0 Å². The van der Waals surface area contributed by atoms with Crippen LogP contribution < -0.4 is 5.32 Å². The second kappa shape index (κ2) is 5.73. The second-order valence-corrected chi connectivity index (χ2v) is 5.56. The highest BCUT2D eigenvalue weighted by atomic mass is 35.5. The normalized spacial score (nSPS) is 11.9. The van der Waals surface area contributed by atoms with Gasteiger partial charge in [-0.25, -0.2) is 4.98 Å². The van der Waals surface area contributed by atoms with E-state index in [4.69, 9.17) is 11.6 Å². The van der Waals surface area contributed by atoms with E-state index in [-0.39, 0.29) is 12.2 Å². The standard InChI is InChI=1S/C15H14ClF2N5/c1-3-15(17,18)13-21-14-19-9(2)7-12(23(14)22-13)20-11-6-4-5-10(16)8-11/h4-8,20H,3H2,1-2H3. The molecule has 1 N–H and O–H groups in total. The van der Waals surface area contributed by atoms with Gasteiger partial charge in [0.05, 0.1) is 0 Å². The van der Waals surface area contributed by atoms with Crippen LogP contribution in [0.4, 0.5) is 20.3 Å². The fourth-order valence-electron chi connectivity index (χ4n) is 2.10. The third-order valence-corrected chi connectivity index (χ3v) is 3.54. The maximum absolute atomic E-state index is 13.8. The van der Waals surface area contributed by atoms with Crippen LogP contribution in [0.15, 0.2) is 30.3 Å². The van der Waals surface area contributed by atoms with E-state index >= 15 is 0 Å². The Morgan fingerprint density at radius 2 is 2.04 bits per heavy atom. The van der Waals surface area contributed by atoms with Gasteiger partial charge in [0.1, 0.15) is 5.82 Å². The Labute approximate surface area is 136 Å². The molecule has 0 unspecified atom stereocenters. The molecule has 0 fully saturated rings. The van der Waals surface area contributed by atoms with Crippen molar-refractivity contribution in [3.05, 3.63) is 46.9 Å². The van der Waals surface area contributed by atoms with E-state index < -0.39 is 11.7 Å². The number of hydrogen-bond acceptors (Lipinski definition) is 4. The average Bonchev–Trinajstić information content (AvgIpc) is 2.92. The predicted molar refractivity (Wildman–Crippen MR) is 84.4 cm³/mol. The molecule has 5 nitrogen and oxygen atoms in total. The Balaban J connectivity index is 2.09. The first-order valence-electron chi connectivity index (χ1n) is 7.04. The number of hydrogen-bond donors (Lipinski definition) is 1. The molecule has 0 aliphatic carbocycles. The van der Waals surface area contributed by atoms with Crippen LogP contribution in [0.3, 0.4) is 0 Å². The van der Waals surface area contributed by atoms with Crippen molar-refractivity contribution < 1.29 is 8.78 Å². The Kier molecular flexibility index (Phi) is 3.89. The monoisotopic (exact) mass is 337 g/mol. The van der Waals surface area contributed by atoms with Gasteiger partial charge in [-0.15, -0.1) is 5.10 Å². The molecule has 2 heterocycles. The lowest BCUT2D eigenvalue weighted by molar-refractivity contribution is -0.0173. The van der Waals surface area contributed by atoms with Gasteiger partial charge in [-0.2, -0.15) is 18.3 Å². The topological polar surface area (TPSA) is 55.1 Å². The van der Waals surface area contributed by atoms with Crippen LogP contribution in [0.5, 0.6) is 0 Å². The Morgan fingerprint density at radius 1 is 1.26 bits per heavy atom. The molecule has 2 aromatic heterocycles. The van der Waals surface area contributed by atoms with Crippen molar-refractivity contribution >= 4 is 28.9 Å². The Morgan fingerprint density at radius 3 is 2.74 bits per heavy atom. The smallest absolute Gasteiger partial charge is 0.308 e. The van der Waals surface area contributed by atoms with E-state index in [9.17, 15) is 8.78 Å². The maximum atomic E-state index is 13.8. The zero-order valence-electron chi connectivity index (χ0n) is 12.5. The highest BCUT2D eigenvalue weighted by Crippen LogP contribution is 2.29. The molecule has 1 aromatic carbocycles. The predicted octanol–water partition coefficient (Wildman–Crippen LogP) is 4.33. The summed E-state index contributed by atoms with van der Waals surface area (Å²) in [5.74, 6) is -3.01. The largest absolute Gasteiger partial charge is 0.340 e. The maximum Gasteiger partial charge on any atom is 0.308 e. The first-order valence-corrected chi connectivity index (χ1v) is 7.42. The summed E-state index contributed by atoms with van der Waals surface area (Å²) in [6.45, 7) is 3.14. The van der Waals surface area contributed by atoms with Crippen LogP contribution in [-0.2, 0) is 5.92 Å². The quantitative estimate of drug-likeness (QED) is 0.769. The molecule has 0 saturated carbocycles. The van der Waals surface area contributed by atoms with E-state index in [2.05, 4.69) is 20.4 Å². The van der Waals surface area contributed by atoms with Gasteiger partial charge in [0.15, 0.2) is 0 Å². The van der Waals surface area contributed by atoms with Gasteiger partial charge in [0.25, 0.3) is 5.78 Å². The summed E-state index contributed by atoms with van der Waals surface area (Å²) in [6, 6.07) is 8.77. The lowest BCUT2D eigenvalue weighted by Crippen LogP contribution is -2.14. The third-order valence-electron chi connectivity index (χ3n) is 3.31. The minimum absolute atomic E-state index is 0.123. The number of halogens is 3. The van der Waals surface area contributed by atoms with Crippen LogP contribution in [0.1, 0.15) is 24.9 Å². The summed E-state index contributed by atoms with van der Waals surface area (Å²) in [5, 5.41) is 7.58. The van der Waals surface area contributed by atoms with Crippen molar-refractivity contribution in [3.63, 3.8) is 0 Å². The summed E-state index contributed by atoms with van der Waals surface area (Å²) in [7, 11) is 0. The first kappa shape index (κ1) is 15.6. The number of fused-ring (bicyclic) bond motifs is 1. The molecule has 0 atom stereocenters. The first-order chi connectivity index (χ1) is 10.9. The van der Waals surface area contributed by atoms with Crippen LogP contribution in [0, 0.1) is 6.92 Å². The van der Waals surface area contributed by atoms with Gasteiger partial charge in [-0.05, 0) is 25.1 Å². The van der Waals surface area contributed by atoms with Crippen molar-refractivity contribution in [2.45, 2.75) is 26.2 Å². The lowest BCUT2D eigenvalue weighted by atomic mass is 10.2. The Hall–Kier alpha value is -2.28. The molecule has 0 aliphatic rings. The Bertz CT molecular complexity index is 862. The number of anilines is 2. The number of benzene rings is 1. The minimum Gasteiger partial charge on any atom is -0.340 e. The number of nitrogens with zero attached hydrogens (tertiary/aromatic N) is 4. The average molecular weight is 338 g/mol. The van der Waals surface area contributed by atoms with Gasteiger partial charge in [-0.3, -0.25) is 0 Å². The number of aryl methyl sites for hydroxylation is 1. The van der Waals surface area contributed by atoms with Gasteiger partial charge < -0.3 is 5.32 Å². The van der Waals surface area contributed by atoms with E-state index in [1.165, 1.54) is 11.4 Å². The van der Waals surface area contributed by atoms with E-state index in [1.54, 1.807) is 31.2 Å². The molecule has 120 valence electrons. The third kappa shape index (κ3) is 3.10.